The van der Waals surface area contributed by atoms with E-state index in [0.717, 1.165) is 4.58 Å². The van der Waals surface area contributed by atoms with Gasteiger partial charge in [-0.05, 0) is 29.4 Å². The zero-order chi connectivity index (χ0) is 7.52. The summed E-state index contributed by atoms with van der Waals surface area (Å²) in [6, 6.07) is 4.40. The third-order valence-corrected chi connectivity index (χ3v) is 5.82. The summed E-state index contributed by atoms with van der Waals surface area (Å²) < 4.78 is 0.740. The number of thiophene rings is 1. The lowest BCUT2D eigenvalue weighted by molar-refractivity contribution is 1.10. The third kappa shape index (κ3) is 1.95. The van der Waals surface area contributed by atoms with Crippen LogP contribution in [0.4, 0.5) is 0 Å². The smallest absolute Gasteiger partial charge is 0.0843 e. The first-order valence-corrected chi connectivity index (χ1v) is 6.71. The highest BCUT2D eigenvalue weighted by molar-refractivity contribution is 8.17. The van der Waals surface area contributed by atoms with Gasteiger partial charge in [0.1, 0.15) is 0 Å². The van der Waals surface area contributed by atoms with Gasteiger partial charge in [-0.1, -0.05) is 6.07 Å². The second-order valence-corrected chi connectivity index (χ2v) is 6.15. The predicted molar refractivity (Wildman–Crippen MR) is 56.6 cm³/mol. The van der Waals surface area contributed by atoms with Gasteiger partial charge in [-0.25, -0.2) is 0 Å². The Labute approximate surface area is 79.8 Å². The normalized spacial score (nSPS) is 20.4. The fourth-order valence-corrected chi connectivity index (χ4v) is 5.08. The maximum atomic E-state index is 2.25. The largest absolute Gasteiger partial charge is 0.147 e. The summed E-state index contributed by atoms with van der Waals surface area (Å²) in [5.41, 5.74) is 0. The van der Waals surface area contributed by atoms with Gasteiger partial charge in [0.2, 0.25) is 0 Å². The average Bonchev–Trinajstić information content (AvgIpc) is 2.58. The van der Waals surface area contributed by atoms with E-state index >= 15 is 0 Å². The molecule has 1 saturated heterocycles. The molecule has 0 N–H and O–H groups in total. The minimum atomic E-state index is 0.740. The van der Waals surface area contributed by atoms with Crippen molar-refractivity contribution in [3.63, 3.8) is 0 Å². The van der Waals surface area contributed by atoms with Crippen molar-refractivity contribution in [2.45, 2.75) is 11.0 Å². The number of thioether (sulfide) groups is 2. The van der Waals surface area contributed by atoms with Crippen LogP contribution in [0.25, 0.3) is 0 Å². The Kier molecular flexibility index (Phi) is 2.82. The van der Waals surface area contributed by atoms with Crippen LogP contribution in [0.1, 0.15) is 15.9 Å². The summed E-state index contributed by atoms with van der Waals surface area (Å²) in [6.45, 7) is 0. The van der Waals surface area contributed by atoms with Crippen LogP contribution in [0.3, 0.4) is 0 Å². The Morgan fingerprint density at radius 3 is 2.73 bits per heavy atom. The van der Waals surface area contributed by atoms with Crippen LogP contribution in [0.15, 0.2) is 17.5 Å². The van der Waals surface area contributed by atoms with E-state index in [1.807, 2.05) is 11.3 Å². The average molecular weight is 202 g/mol. The maximum Gasteiger partial charge on any atom is 0.0843 e. The summed E-state index contributed by atoms with van der Waals surface area (Å²) >= 11 is 6.08. The zero-order valence-electron chi connectivity index (χ0n) is 6.16. The van der Waals surface area contributed by atoms with Gasteiger partial charge in [0.05, 0.1) is 4.58 Å². The van der Waals surface area contributed by atoms with E-state index < -0.39 is 0 Å². The maximum absolute atomic E-state index is 2.25. The monoisotopic (exact) mass is 202 g/mol. The van der Waals surface area contributed by atoms with Crippen molar-refractivity contribution in [2.75, 3.05) is 11.5 Å². The van der Waals surface area contributed by atoms with E-state index in [1.165, 1.54) is 17.9 Å². The molecule has 0 saturated carbocycles. The fraction of sp³-hybridized carbons (Fsp3) is 0.500. The summed E-state index contributed by atoms with van der Waals surface area (Å²) in [4.78, 5) is 1.54. The minimum absolute atomic E-state index is 0.740. The van der Waals surface area contributed by atoms with Crippen LogP contribution in [-0.2, 0) is 0 Å². The van der Waals surface area contributed by atoms with E-state index in [4.69, 9.17) is 0 Å². The van der Waals surface area contributed by atoms with Crippen LogP contribution >= 0.6 is 34.9 Å². The molecule has 60 valence electrons. The molecule has 3 heteroatoms. The van der Waals surface area contributed by atoms with Crippen LogP contribution in [0.5, 0.6) is 0 Å². The molecule has 0 aromatic carbocycles. The van der Waals surface area contributed by atoms with Crippen LogP contribution in [-0.4, -0.2) is 11.5 Å². The van der Waals surface area contributed by atoms with Gasteiger partial charge in [0, 0.05) is 4.88 Å². The highest BCUT2D eigenvalue weighted by Crippen LogP contribution is 2.44. The Hall–Kier alpha value is 0.400. The standard InChI is InChI=1S/C8H10S3/c1-3-7(9-4-1)8-10-5-2-6-11-8/h1,3-4,8H,2,5-6H2. The molecule has 0 unspecified atom stereocenters. The molecule has 0 bridgehead atoms. The molecular weight excluding hydrogens is 192 g/mol. The van der Waals surface area contributed by atoms with Crippen molar-refractivity contribution in [3.8, 4) is 0 Å². The molecule has 2 rings (SSSR count). The molecular formula is C8H10S3. The lowest BCUT2D eigenvalue weighted by atomic mass is 10.5. The third-order valence-electron chi connectivity index (χ3n) is 1.60. The number of hydrogen-bond donors (Lipinski definition) is 0. The van der Waals surface area contributed by atoms with Gasteiger partial charge in [-0.15, -0.1) is 34.9 Å². The second-order valence-electron chi connectivity index (χ2n) is 2.44. The van der Waals surface area contributed by atoms with Crippen molar-refractivity contribution in [1.82, 2.24) is 0 Å². The van der Waals surface area contributed by atoms with Gasteiger partial charge < -0.3 is 0 Å². The first kappa shape index (κ1) is 8.02. The van der Waals surface area contributed by atoms with E-state index in [9.17, 15) is 0 Å². The van der Waals surface area contributed by atoms with Crippen molar-refractivity contribution in [3.05, 3.63) is 22.4 Å². The summed E-state index contributed by atoms with van der Waals surface area (Å²) in [6.07, 6.45) is 1.39. The number of rotatable bonds is 1. The van der Waals surface area contributed by atoms with Gasteiger partial charge in [0.25, 0.3) is 0 Å². The zero-order valence-corrected chi connectivity index (χ0v) is 8.60. The summed E-state index contributed by atoms with van der Waals surface area (Å²) in [5, 5.41) is 2.17. The lowest BCUT2D eigenvalue weighted by Crippen LogP contribution is -1.97. The molecule has 2 heterocycles. The summed E-state index contributed by atoms with van der Waals surface area (Å²) in [7, 11) is 0. The van der Waals surface area contributed by atoms with Gasteiger partial charge in [-0.3, -0.25) is 0 Å². The Balaban J connectivity index is 2.04. The van der Waals surface area contributed by atoms with Crippen LogP contribution in [0, 0.1) is 0 Å². The predicted octanol–water partition coefficient (Wildman–Crippen LogP) is 3.62. The Bertz CT molecular complexity index is 199. The van der Waals surface area contributed by atoms with E-state index in [1.54, 1.807) is 4.88 Å². The topological polar surface area (TPSA) is 0 Å². The molecule has 1 aliphatic rings. The van der Waals surface area contributed by atoms with E-state index in [0.29, 0.717) is 0 Å². The molecule has 1 aliphatic heterocycles. The first-order chi connectivity index (χ1) is 5.47. The fourth-order valence-electron chi connectivity index (χ4n) is 1.08. The van der Waals surface area contributed by atoms with Gasteiger partial charge in [-0.2, -0.15) is 0 Å². The molecule has 0 atom stereocenters. The van der Waals surface area contributed by atoms with Crippen molar-refractivity contribution in [2.24, 2.45) is 0 Å². The highest BCUT2D eigenvalue weighted by atomic mass is 32.2. The molecule has 0 amide bonds. The van der Waals surface area contributed by atoms with Crippen molar-refractivity contribution in [1.29, 1.82) is 0 Å². The molecule has 1 aromatic heterocycles. The van der Waals surface area contributed by atoms with Crippen LogP contribution < -0.4 is 0 Å². The molecule has 0 aliphatic carbocycles. The molecule has 11 heavy (non-hydrogen) atoms. The SMILES string of the molecule is c1csc(C2SCCCS2)c1. The highest BCUT2D eigenvalue weighted by Gasteiger charge is 2.16. The first-order valence-electron chi connectivity index (χ1n) is 3.73. The van der Waals surface area contributed by atoms with Gasteiger partial charge >= 0.3 is 0 Å². The van der Waals surface area contributed by atoms with Crippen molar-refractivity contribution < 1.29 is 0 Å². The Morgan fingerprint density at radius 2 is 2.09 bits per heavy atom. The van der Waals surface area contributed by atoms with E-state index in [2.05, 4.69) is 41.0 Å². The molecule has 1 aromatic rings. The second kappa shape index (κ2) is 3.87. The summed E-state index contributed by atoms with van der Waals surface area (Å²) in [5.74, 6) is 2.69. The van der Waals surface area contributed by atoms with Crippen LogP contribution in [0.2, 0.25) is 0 Å². The quantitative estimate of drug-likeness (QED) is 0.682. The van der Waals surface area contributed by atoms with Gasteiger partial charge in [0.15, 0.2) is 0 Å². The molecule has 0 nitrogen and oxygen atoms in total. The van der Waals surface area contributed by atoms with Crippen molar-refractivity contribution >= 4 is 34.9 Å². The minimum Gasteiger partial charge on any atom is -0.147 e. The van der Waals surface area contributed by atoms with E-state index in [-0.39, 0.29) is 0 Å². The molecule has 0 radical (unpaired) electrons. The Morgan fingerprint density at radius 1 is 1.27 bits per heavy atom. The molecule has 1 fully saturated rings. The molecule has 0 spiro atoms. The number of hydrogen-bond acceptors (Lipinski definition) is 3. The lowest BCUT2D eigenvalue weighted by Gasteiger charge is -2.19.